The smallest absolute Gasteiger partial charge is 0.410 e. The SMILES string of the molecule is COC(=O)[C@H]1C[C@H](NC[C@@H]2CN(C(=O)OC(C)(C)C)CCN2C(=O)OC(C)(C)C)CN1C. The van der Waals surface area contributed by atoms with Gasteiger partial charge in [-0.3, -0.25) is 9.69 Å². The third-order valence-corrected chi connectivity index (χ3v) is 5.43. The number of amides is 2. The summed E-state index contributed by atoms with van der Waals surface area (Å²) in [6.07, 6.45) is -0.167. The molecule has 2 saturated heterocycles. The van der Waals surface area contributed by atoms with E-state index in [1.165, 1.54) is 7.11 Å². The molecule has 0 saturated carbocycles. The first kappa shape index (κ1) is 26.2. The highest BCUT2D eigenvalue weighted by Crippen LogP contribution is 2.20. The van der Waals surface area contributed by atoms with Crippen molar-refractivity contribution >= 4 is 18.2 Å². The van der Waals surface area contributed by atoms with Gasteiger partial charge in [0.25, 0.3) is 0 Å². The number of rotatable bonds is 4. The van der Waals surface area contributed by atoms with Crippen molar-refractivity contribution in [2.75, 3.05) is 46.9 Å². The molecule has 10 nitrogen and oxygen atoms in total. The number of carbonyl (C=O) groups is 3. The third-order valence-electron chi connectivity index (χ3n) is 5.43. The fourth-order valence-electron chi connectivity index (χ4n) is 3.94. The Morgan fingerprint density at radius 1 is 0.938 bits per heavy atom. The summed E-state index contributed by atoms with van der Waals surface area (Å²) in [5, 5.41) is 3.47. The topological polar surface area (TPSA) is 101 Å². The van der Waals surface area contributed by atoms with Gasteiger partial charge in [0.15, 0.2) is 0 Å². The van der Waals surface area contributed by atoms with Gasteiger partial charge in [-0.25, -0.2) is 9.59 Å². The summed E-state index contributed by atoms with van der Waals surface area (Å²) in [6, 6.07) is -0.501. The van der Waals surface area contributed by atoms with E-state index in [2.05, 4.69) is 5.32 Å². The molecule has 1 N–H and O–H groups in total. The Labute approximate surface area is 191 Å². The second-order valence-corrected chi connectivity index (χ2v) is 10.6. The number of hydrogen-bond acceptors (Lipinski definition) is 8. The molecule has 2 aliphatic heterocycles. The summed E-state index contributed by atoms with van der Waals surface area (Å²) in [7, 11) is 3.28. The van der Waals surface area contributed by atoms with Gasteiger partial charge in [0.1, 0.15) is 17.2 Å². The molecule has 184 valence electrons. The third kappa shape index (κ3) is 7.51. The van der Waals surface area contributed by atoms with Gasteiger partial charge in [0, 0.05) is 38.8 Å². The first-order chi connectivity index (χ1) is 14.7. The molecule has 2 amide bonds. The van der Waals surface area contributed by atoms with E-state index in [-0.39, 0.29) is 24.1 Å². The van der Waals surface area contributed by atoms with Gasteiger partial charge in [-0.15, -0.1) is 0 Å². The molecule has 0 aliphatic carbocycles. The molecule has 0 radical (unpaired) electrons. The summed E-state index contributed by atoms with van der Waals surface area (Å²) in [5.41, 5.74) is -1.20. The molecule has 3 atom stereocenters. The molecule has 0 aromatic rings. The van der Waals surface area contributed by atoms with E-state index in [1.54, 1.807) is 9.80 Å². The number of methoxy groups -OCH3 is 1. The molecular weight excluding hydrogens is 416 g/mol. The molecule has 0 spiro atoms. The summed E-state index contributed by atoms with van der Waals surface area (Å²) in [4.78, 5) is 42.7. The van der Waals surface area contributed by atoms with Gasteiger partial charge in [0.05, 0.1) is 13.2 Å². The number of piperazine rings is 1. The highest BCUT2D eigenvalue weighted by molar-refractivity contribution is 5.76. The maximum atomic E-state index is 12.8. The van der Waals surface area contributed by atoms with Crippen LogP contribution >= 0.6 is 0 Å². The van der Waals surface area contributed by atoms with Crippen LogP contribution in [-0.4, -0.2) is 109 Å². The monoisotopic (exact) mass is 456 g/mol. The van der Waals surface area contributed by atoms with Gasteiger partial charge in [-0.1, -0.05) is 0 Å². The van der Waals surface area contributed by atoms with Crippen molar-refractivity contribution in [2.24, 2.45) is 0 Å². The summed E-state index contributed by atoms with van der Waals surface area (Å²) in [6.45, 7) is 13.2. The average Bonchev–Trinajstić information content (AvgIpc) is 3.03. The molecule has 10 heteroatoms. The fraction of sp³-hybridized carbons (Fsp3) is 0.864. The van der Waals surface area contributed by atoms with Crippen LogP contribution < -0.4 is 5.32 Å². The summed E-state index contributed by atoms with van der Waals surface area (Å²) < 4.78 is 16.0. The van der Waals surface area contributed by atoms with Crippen LogP contribution in [0.25, 0.3) is 0 Å². The Balaban J connectivity index is 2.06. The molecule has 0 unspecified atom stereocenters. The fourth-order valence-corrected chi connectivity index (χ4v) is 3.94. The lowest BCUT2D eigenvalue weighted by Crippen LogP contribution is -2.61. The van der Waals surface area contributed by atoms with E-state index >= 15 is 0 Å². The van der Waals surface area contributed by atoms with Crippen LogP contribution in [0.3, 0.4) is 0 Å². The van der Waals surface area contributed by atoms with Crippen molar-refractivity contribution in [1.82, 2.24) is 20.0 Å². The highest BCUT2D eigenvalue weighted by Gasteiger charge is 2.39. The Morgan fingerprint density at radius 3 is 2.09 bits per heavy atom. The van der Waals surface area contributed by atoms with Crippen LogP contribution in [-0.2, 0) is 19.0 Å². The first-order valence-corrected chi connectivity index (χ1v) is 11.2. The predicted molar refractivity (Wildman–Crippen MR) is 119 cm³/mol. The van der Waals surface area contributed by atoms with Crippen LogP contribution in [0.1, 0.15) is 48.0 Å². The second kappa shape index (κ2) is 10.2. The summed E-state index contributed by atoms with van der Waals surface area (Å²) >= 11 is 0. The zero-order valence-corrected chi connectivity index (χ0v) is 20.8. The molecule has 2 heterocycles. The minimum absolute atomic E-state index is 0.0708. The summed E-state index contributed by atoms with van der Waals surface area (Å²) in [5.74, 6) is -0.249. The van der Waals surface area contributed by atoms with Gasteiger partial charge in [0.2, 0.25) is 0 Å². The Kier molecular flexibility index (Phi) is 8.38. The normalized spacial score (nSPS) is 24.9. The quantitative estimate of drug-likeness (QED) is 0.504. The molecular formula is C22H40N4O6. The van der Waals surface area contributed by atoms with E-state index in [0.717, 1.165) is 0 Å². The number of hydrogen-bond donors (Lipinski definition) is 1. The first-order valence-electron chi connectivity index (χ1n) is 11.2. The number of carbonyl (C=O) groups excluding carboxylic acids is 3. The van der Waals surface area contributed by atoms with Crippen molar-refractivity contribution < 1.29 is 28.6 Å². The van der Waals surface area contributed by atoms with Crippen LogP contribution in [0.2, 0.25) is 0 Å². The van der Waals surface area contributed by atoms with E-state index < -0.39 is 23.4 Å². The molecule has 0 aromatic heterocycles. The average molecular weight is 457 g/mol. The number of ether oxygens (including phenoxy) is 3. The molecule has 0 aromatic carbocycles. The predicted octanol–water partition coefficient (Wildman–Crippen LogP) is 1.68. The minimum atomic E-state index is -0.612. The lowest BCUT2D eigenvalue weighted by molar-refractivity contribution is -0.145. The Hall–Kier alpha value is -2.07. The van der Waals surface area contributed by atoms with Gasteiger partial charge in [-0.05, 0) is 55.0 Å². The van der Waals surface area contributed by atoms with E-state index in [4.69, 9.17) is 14.2 Å². The number of nitrogens with zero attached hydrogens (tertiary/aromatic N) is 3. The van der Waals surface area contributed by atoms with E-state index in [0.29, 0.717) is 39.1 Å². The number of nitrogens with one attached hydrogen (secondary N) is 1. The van der Waals surface area contributed by atoms with Crippen molar-refractivity contribution in [2.45, 2.75) is 77.3 Å². The van der Waals surface area contributed by atoms with E-state index in [9.17, 15) is 14.4 Å². The highest BCUT2D eigenvalue weighted by atomic mass is 16.6. The molecule has 2 rings (SSSR count). The minimum Gasteiger partial charge on any atom is -0.468 e. The molecule has 2 fully saturated rings. The van der Waals surface area contributed by atoms with E-state index in [1.807, 2.05) is 53.5 Å². The lowest BCUT2D eigenvalue weighted by atomic mass is 10.1. The standard InChI is InChI=1S/C22H40N4O6/c1-21(2,3)31-19(28)25-9-10-26(20(29)32-22(4,5)6)16(14-25)12-23-15-11-17(18(27)30-8)24(7)13-15/h15-17,23H,9-14H2,1-8H3/t15-,16+,17+/m0/s1. The van der Waals surface area contributed by atoms with Crippen molar-refractivity contribution in [3.8, 4) is 0 Å². The van der Waals surface area contributed by atoms with Crippen LogP contribution in [0, 0.1) is 0 Å². The van der Waals surface area contributed by atoms with Crippen LogP contribution in [0.5, 0.6) is 0 Å². The maximum absolute atomic E-state index is 12.8. The van der Waals surface area contributed by atoms with Crippen LogP contribution in [0.15, 0.2) is 0 Å². The van der Waals surface area contributed by atoms with Gasteiger partial charge < -0.3 is 29.3 Å². The lowest BCUT2D eigenvalue weighted by Gasteiger charge is -2.42. The van der Waals surface area contributed by atoms with Crippen molar-refractivity contribution in [3.63, 3.8) is 0 Å². The Morgan fingerprint density at radius 2 is 1.53 bits per heavy atom. The maximum Gasteiger partial charge on any atom is 0.410 e. The number of likely N-dealkylation sites (N-methyl/N-ethyl adjacent to an activating group) is 1. The van der Waals surface area contributed by atoms with Crippen LogP contribution in [0.4, 0.5) is 9.59 Å². The van der Waals surface area contributed by atoms with Crippen molar-refractivity contribution in [3.05, 3.63) is 0 Å². The molecule has 2 aliphatic rings. The van der Waals surface area contributed by atoms with Gasteiger partial charge in [-0.2, -0.15) is 0 Å². The largest absolute Gasteiger partial charge is 0.468 e. The number of esters is 1. The van der Waals surface area contributed by atoms with Gasteiger partial charge >= 0.3 is 18.2 Å². The molecule has 32 heavy (non-hydrogen) atoms. The Bertz CT molecular complexity index is 687. The second-order valence-electron chi connectivity index (χ2n) is 10.6. The van der Waals surface area contributed by atoms with Crippen molar-refractivity contribution in [1.29, 1.82) is 0 Å². The zero-order chi connectivity index (χ0) is 24.3. The zero-order valence-electron chi connectivity index (χ0n) is 20.8. The number of likely N-dealkylation sites (tertiary alicyclic amines) is 1. The molecule has 0 bridgehead atoms.